The van der Waals surface area contributed by atoms with Crippen molar-refractivity contribution < 1.29 is 9.53 Å². The number of H-pyrrole nitrogens is 1. The van der Waals surface area contributed by atoms with Gasteiger partial charge in [0.2, 0.25) is 0 Å². The Balaban J connectivity index is 1.99. The molecule has 0 aromatic carbocycles. The molecule has 1 aromatic rings. The molecule has 5 nitrogen and oxygen atoms in total. The van der Waals surface area contributed by atoms with Gasteiger partial charge in [-0.25, -0.2) is 4.98 Å². The fourth-order valence-corrected chi connectivity index (χ4v) is 2.71. The first kappa shape index (κ1) is 14.1. The van der Waals surface area contributed by atoms with Crippen LogP contribution in [0.2, 0.25) is 0 Å². The lowest BCUT2D eigenvalue weighted by Gasteiger charge is -2.14. The Hall–Kier alpha value is -1.30. The number of rotatable bonds is 5. The largest absolute Gasteiger partial charge is 0.465 e. The van der Waals surface area contributed by atoms with Crippen molar-refractivity contribution in [1.82, 2.24) is 9.97 Å². The molecule has 19 heavy (non-hydrogen) atoms. The highest BCUT2D eigenvalue weighted by atomic mass is 32.2. The van der Waals surface area contributed by atoms with E-state index in [4.69, 9.17) is 4.74 Å². The summed E-state index contributed by atoms with van der Waals surface area (Å²) >= 11 is 1.22. The normalized spacial score (nSPS) is 13.9. The van der Waals surface area contributed by atoms with E-state index >= 15 is 0 Å². The highest BCUT2D eigenvalue weighted by Gasteiger charge is 2.16. The lowest BCUT2D eigenvalue weighted by atomic mass is 9.97. The molecule has 0 unspecified atom stereocenters. The second kappa shape index (κ2) is 6.75. The first-order chi connectivity index (χ1) is 9.20. The van der Waals surface area contributed by atoms with Crippen molar-refractivity contribution in [2.24, 2.45) is 0 Å². The quantitative estimate of drug-likeness (QED) is 0.505. The lowest BCUT2D eigenvalue weighted by Crippen LogP contribution is -2.21. The molecule has 0 atom stereocenters. The van der Waals surface area contributed by atoms with E-state index in [0.29, 0.717) is 11.8 Å². The fraction of sp³-hybridized carbons (Fsp3) is 0.615. The number of esters is 1. The predicted octanol–water partition coefficient (Wildman–Crippen LogP) is 1.69. The van der Waals surface area contributed by atoms with Crippen molar-refractivity contribution in [2.75, 3.05) is 12.4 Å². The van der Waals surface area contributed by atoms with Gasteiger partial charge in [-0.05, 0) is 32.1 Å². The van der Waals surface area contributed by atoms with E-state index in [1.54, 1.807) is 0 Å². The number of nitrogens with one attached hydrogen (secondary N) is 1. The number of ether oxygens (including phenoxy) is 1. The molecule has 2 rings (SSSR count). The van der Waals surface area contributed by atoms with Gasteiger partial charge in [0, 0.05) is 5.56 Å². The molecule has 0 spiro atoms. The minimum absolute atomic E-state index is 0.0610. The molecular weight excluding hydrogens is 264 g/mol. The number of fused-ring (bicyclic) bond motifs is 1. The van der Waals surface area contributed by atoms with Crippen LogP contribution in [0.5, 0.6) is 0 Å². The van der Waals surface area contributed by atoms with Crippen LogP contribution in [0.15, 0.2) is 9.95 Å². The van der Waals surface area contributed by atoms with E-state index in [2.05, 4.69) is 9.97 Å². The van der Waals surface area contributed by atoms with Gasteiger partial charge in [0.25, 0.3) is 5.56 Å². The average molecular weight is 282 g/mol. The summed E-state index contributed by atoms with van der Waals surface area (Å²) in [6, 6.07) is 0. The number of aromatic amines is 1. The second-order valence-corrected chi connectivity index (χ2v) is 5.48. The zero-order valence-corrected chi connectivity index (χ0v) is 11.8. The van der Waals surface area contributed by atoms with Crippen LogP contribution < -0.4 is 5.56 Å². The Labute approximate surface area is 116 Å². The Morgan fingerprint density at radius 1 is 1.42 bits per heavy atom. The van der Waals surface area contributed by atoms with Crippen LogP contribution in [0.3, 0.4) is 0 Å². The van der Waals surface area contributed by atoms with Crippen molar-refractivity contribution in [3.05, 3.63) is 21.6 Å². The van der Waals surface area contributed by atoms with Gasteiger partial charge in [0.15, 0.2) is 5.16 Å². The van der Waals surface area contributed by atoms with Crippen LogP contribution in [0, 0.1) is 0 Å². The third kappa shape index (κ3) is 3.83. The molecule has 1 heterocycles. The highest BCUT2D eigenvalue weighted by Crippen LogP contribution is 2.19. The van der Waals surface area contributed by atoms with E-state index in [1.807, 2.05) is 6.92 Å². The predicted molar refractivity (Wildman–Crippen MR) is 73.5 cm³/mol. The first-order valence-electron chi connectivity index (χ1n) is 6.61. The molecule has 0 bridgehead atoms. The summed E-state index contributed by atoms with van der Waals surface area (Å²) in [5.74, 6) is -0.0888. The van der Waals surface area contributed by atoms with Crippen molar-refractivity contribution in [3.63, 3.8) is 0 Å². The minimum Gasteiger partial charge on any atom is -0.465 e. The highest BCUT2D eigenvalue weighted by molar-refractivity contribution is 7.99. The molecule has 0 saturated carbocycles. The number of nitrogens with zero attached hydrogens (tertiary/aromatic N) is 1. The standard InChI is InChI=1S/C13H18N2O3S/c1-2-7-18-11(16)8-19-13-14-10-6-4-3-5-9(10)12(17)15-13/h2-8H2,1H3,(H,14,15,17). The summed E-state index contributed by atoms with van der Waals surface area (Å²) < 4.78 is 4.98. The summed E-state index contributed by atoms with van der Waals surface area (Å²) in [5.41, 5.74) is 1.64. The molecule has 0 radical (unpaired) electrons. The van der Waals surface area contributed by atoms with Crippen LogP contribution in [0.4, 0.5) is 0 Å². The monoisotopic (exact) mass is 282 g/mol. The molecule has 1 N–H and O–H groups in total. The summed E-state index contributed by atoms with van der Waals surface area (Å²) in [6.07, 6.45) is 4.60. The van der Waals surface area contributed by atoms with Gasteiger partial charge in [0.1, 0.15) is 0 Å². The first-order valence-corrected chi connectivity index (χ1v) is 7.59. The molecule has 1 aromatic heterocycles. The van der Waals surface area contributed by atoms with E-state index in [1.165, 1.54) is 11.8 Å². The Kier molecular flexibility index (Phi) is 5.01. The zero-order valence-electron chi connectivity index (χ0n) is 11.0. The Morgan fingerprint density at radius 3 is 3.00 bits per heavy atom. The van der Waals surface area contributed by atoms with E-state index in [9.17, 15) is 9.59 Å². The third-order valence-electron chi connectivity index (χ3n) is 2.96. The molecule has 104 valence electrons. The zero-order chi connectivity index (χ0) is 13.7. The number of hydrogen-bond acceptors (Lipinski definition) is 5. The summed E-state index contributed by atoms with van der Waals surface area (Å²) in [6.45, 7) is 2.39. The smallest absolute Gasteiger partial charge is 0.316 e. The summed E-state index contributed by atoms with van der Waals surface area (Å²) in [5, 5.41) is 0.513. The maximum Gasteiger partial charge on any atom is 0.316 e. The van der Waals surface area contributed by atoms with Gasteiger partial charge in [-0.15, -0.1) is 0 Å². The molecule has 0 saturated heterocycles. The summed E-state index contributed by atoms with van der Waals surface area (Å²) in [4.78, 5) is 30.4. The Morgan fingerprint density at radius 2 is 2.21 bits per heavy atom. The number of aromatic nitrogens is 2. The van der Waals surface area contributed by atoms with Crippen LogP contribution >= 0.6 is 11.8 Å². The topological polar surface area (TPSA) is 72.0 Å². The lowest BCUT2D eigenvalue weighted by molar-refractivity contribution is -0.140. The number of hydrogen-bond donors (Lipinski definition) is 1. The van der Waals surface area contributed by atoms with Gasteiger partial charge < -0.3 is 9.72 Å². The molecule has 6 heteroatoms. The van der Waals surface area contributed by atoms with Crippen molar-refractivity contribution in [1.29, 1.82) is 0 Å². The van der Waals surface area contributed by atoms with Crippen molar-refractivity contribution >= 4 is 17.7 Å². The molecular formula is C13H18N2O3S. The average Bonchev–Trinajstić information content (AvgIpc) is 2.43. The van der Waals surface area contributed by atoms with Gasteiger partial charge in [-0.1, -0.05) is 18.7 Å². The van der Waals surface area contributed by atoms with E-state index in [-0.39, 0.29) is 17.3 Å². The number of carbonyl (C=O) groups excluding carboxylic acids is 1. The second-order valence-electron chi connectivity index (χ2n) is 4.51. The molecule has 1 aliphatic carbocycles. The number of aryl methyl sites for hydroxylation is 1. The van der Waals surface area contributed by atoms with Gasteiger partial charge >= 0.3 is 5.97 Å². The SMILES string of the molecule is CCCOC(=O)CSc1nc2c(c(=O)[nH]1)CCCC2. The van der Waals surface area contributed by atoms with Crippen LogP contribution in [0.25, 0.3) is 0 Å². The van der Waals surface area contributed by atoms with Crippen molar-refractivity contribution in [3.8, 4) is 0 Å². The maximum absolute atomic E-state index is 11.9. The van der Waals surface area contributed by atoms with Crippen LogP contribution in [0.1, 0.15) is 37.4 Å². The molecule has 0 amide bonds. The molecule has 1 aliphatic rings. The van der Waals surface area contributed by atoms with E-state index in [0.717, 1.165) is 43.4 Å². The molecule has 0 aliphatic heterocycles. The van der Waals surface area contributed by atoms with Gasteiger partial charge in [-0.3, -0.25) is 9.59 Å². The number of thioether (sulfide) groups is 1. The maximum atomic E-state index is 11.9. The number of carbonyl (C=O) groups is 1. The van der Waals surface area contributed by atoms with Gasteiger partial charge in [0.05, 0.1) is 18.1 Å². The summed E-state index contributed by atoms with van der Waals surface area (Å²) in [7, 11) is 0. The van der Waals surface area contributed by atoms with Crippen molar-refractivity contribution in [2.45, 2.75) is 44.2 Å². The van der Waals surface area contributed by atoms with Crippen LogP contribution in [-0.2, 0) is 22.4 Å². The minimum atomic E-state index is -0.271. The van der Waals surface area contributed by atoms with Gasteiger partial charge in [-0.2, -0.15) is 0 Å². The fourth-order valence-electron chi connectivity index (χ4n) is 2.03. The Bertz CT molecular complexity index is 513. The molecule has 0 fully saturated rings. The van der Waals surface area contributed by atoms with Crippen LogP contribution in [-0.4, -0.2) is 28.3 Å². The van der Waals surface area contributed by atoms with E-state index < -0.39 is 0 Å². The third-order valence-corrected chi connectivity index (χ3v) is 3.81.